The molecule has 0 unspecified atom stereocenters. The lowest BCUT2D eigenvalue weighted by molar-refractivity contribution is 0.102. The Morgan fingerprint density at radius 2 is 2.35 bits per heavy atom. The normalized spacial score (nSPS) is 9.94. The zero-order valence-corrected chi connectivity index (χ0v) is 8.84. The predicted molar refractivity (Wildman–Crippen MR) is 56.8 cm³/mol. The van der Waals surface area contributed by atoms with Crippen LogP contribution < -0.4 is 10.1 Å². The van der Waals surface area contributed by atoms with Gasteiger partial charge in [0.2, 0.25) is 0 Å². The average Bonchev–Trinajstić information content (AvgIpc) is 2.81. The molecule has 88 valence electrons. The summed E-state index contributed by atoms with van der Waals surface area (Å²) < 4.78 is 4.90. The minimum atomic E-state index is -0.536. The molecule has 8 heteroatoms. The van der Waals surface area contributed by atoms with Crippen molar-refractivity contribution in [2.75, 3.05) is 12.4 Å². The third kappa shape index (κ3) is 2.30. The molecule has 0 spiro atoms. The number of ether oxygens (including phenoxy) is 1. The first-order chi connectivity index (χ1) is 8.20. The Labute approximate surface area is 95.6 Å². The minimum Gasteiger partial charge on any atom is -0.507 e. The van der Waals surface area contributed by atoms with E-state index in [-0.39, 0.29) is 17.3 Å². The van der Waals surface area contributed by atoms with Gasteiger partial charge in [0.25, 0.3) is 11.9 Å². The number of phenols is 1. The lowest BCUT2D eigenvalue weighted by Gasteiger charge is -2.05. The molecule has 0 bridgehead atoms. The molecule has 1 heterocycles. The Balaban J connectivity index is 2.19. The van der Waals surface area contributed by atoms with Crippen molar-refractivity contribution in [3.8, 4) is 11.5 Å². The topological polar surface area (TPSA) is 113 Å². The zero-order valence-electron chi connectivity index (χ0n) is 8.84. The molecule has 0 aliphatic rings. The van der Waals surface area contributed by atoms with Crippen molar-refractivity contribution in [2.45, 2.75) is 0 Å². The molecule has 1 amide bonds. The quantitative estimate of drug-likeness (QED) is 0.698. The van der Waals surface area contributed by atoms with E-state index >= 15 is 0 Å². The molecule has 2 rings (SSSR count). The Kier molecular flexibility index (Phi) is 2.86. The summed E-state index contributed by atoms with van der Waals surface area (Å²) in [6, 6.07) is 4.33. The first kappa shape index (κ1) is 10.9. The summed E-state index contributed by atoms with van der Waals surface area (Å²) in [7, 11) is 1.47. The van der Waals surface area contributed by atoms with Gasteiger partial charge in [0, 0.05) is 6.07 Å². The van der Waals surface area contributed by atoms with Gasteiger partial charge >= 0.3 is 0 Å². The van der Waals surface area contributed by atoms with Crippen LogP contribution >= 0.6 is 0 Å². The third-order valence-corrected chi connectivity index (χ3v) is 2.02. The van der Waals surface area contributed by atoms with E-state index in [4.69, 9.17) is 4.74 Å². The molecule has 2 aromatic rings. The highest BCUT2D eigenvalue weighted by molar-refractivity contribution is 6.05. The van der Waals surface area contributed by atoms with E-state index < -0.39 is 5.91 Å². The van der Waals surface area contributed by atoms with Crippen LogP contribution in [0.15, 0.2) is 18.2 Å². The number of benzene rings is 1. The summed E-state index contributed by atoms with van der Waals surface area (Å²) >= 11 is 0. The Bertz CT molecular complexity index is 525. The summed E-state index contributed by atoms with van der Waals surface area (Å²) in [5, 5.41) is 24.6. The smallest absolute Gasteiger partial charge is 0.270 e. The van der Waals surface area contributed by atoms with Crippen LogP contribution in [0.2, 0.25) is 0 Å². The Morgan fingerprint density at radius 1 is 1.53 bits per heavy atom. The highest BCUT2D eigenvalue weighted by atomic mass is 16.5. The number of aromatic amines is 1. The second-order valence-corrected chi connectivity index (χ2v) is 3.07. The number of tetrazole rings is 1. The number of H-pyrrole nitrogens is 1. The number of nitrogens with one attached hydrogen (secondary N) is 2. The van der Waals surface area contributed by atoms with Gasteiger partial charge in [-0.3, -0.25) is 10.1 Å². The van der Waals surface area contributed by atoms with Crippen molar-refractivity contribution in [3.63, 3.8) is 0 Å². The molecule has 0 saturated carbocycles. The highest BCUT2D eigenvalue weighted by Gasteiger charge is 2.13. The van der Waals surface area contributed by atoms with Gasteiger partial charge in [-0.15, -0.1) is 5.10 Å². The van der Waals surface area contributed by atoms with E-state index in [0.717, 1.165) is 0 Å². The van der Waals surface area contributed by atoms with Crippen LogP contribution in [0.3, 0.4) is 0 Å². The number of anilines is 1. The van der Waals surface area contributed by atoms with Crippen molar-refractivity contribution in [1.82, 2.24) is 20.6 Å². The van der Waals surface area contributed by atoms with Crippen LogP contribution in [0.5, 0.6) is 11.5 Å². The molecule has 3 N–H and O–H groups in total. The fraction of sp³-hybridized carbons (Fsp3) is 0.111. The molecule has 1 aromatic carbocycles. The average molecular weight is 235 g/mol. The van der Waals surface area contributed by atoms with Crippen LogP contribution in [0.25, 0.3) is 0 Å². The molecule has 0 radical (unpaired) electrons. The first-order valence-corrected chi connectivity index (χ1v) is 4.62. The van der Waals surface area contributed by atoms with Gasteiger partial charge in [-0.2, -0.15) is 5.21 Å². The van der Waals surface area contributed by atoms with Crippen LogP contribution in [-0.4, -0.2) is 38.7 Å². The van der Waals surface area contributed by atoms with Crippen molar-refractivity contribution in [2.24, 2.45) is 0 Å². The fourth-order valence-corrected chi connectivity index (χ4v) is 1.21. The summed E-state index contributed by atoms with van der Waals surface area (Å²) in [6.45, 7) is 0. The summed E-state index contributed by atoms with van der Waals surface area (Å²) in [4.78, 5) is 11.7. The molecule has 0 fully saturated rings. The van der Waals surface area contributed by atoms with Crippen molar-refractivity contribution >= 4 is 11.9 Å². The van der Waals surface area contributed by atoms with Gasteiger partial charge < -0.3 is 9.84 Å². The molecule has 0 aliphatic carbocycles. The van der Waals surface area contributed by atoms with E-state index in [0.29, 0.717) is 5.75 Å². The van der Waals surface area contributed by atoms with Crippen LogP contribution in [0.4, 0.5) is 5.95 Å². The van der Waals surface area contributed by atoms with Crippen molar-refractivity contribution in [1.29, 1.82) is 0 Å². The van der Waals surface area contributed by atoms with E-state index in [1.54, 1.807) is 6.07 Å². The van der Waals surface area contributed by atoms with Crippen molar-refractivity contribution < 1.29 is 14.6 Å². The first-order valence-electron chi connectivity index (χ1n) is 4.62. The molecule has 8 nitrogen and oxygen atoms in total. The SMILES string of the molecule is COc1ccc(C(=O)Nc2nn[nH]n2)c(O)c1. The predicted octanol–water partition coefficient (Wildman–Crippen LogP) is 0.166. The molecule has 17 heavy (non-hydrogen) atoms. The molecular weight excluding hydrogens is 226 g/mol. The van der Waals surface area contributed by atoms with Gasteiger partial charge in [-0.05, 0) is 17.3 Å². The molecular formula is C9H9N5O3. The van der Waals surface area contributed by atoms with Gasteiger partial charge in [0.1, 0.15) is 11.5 Å². The van der Waals surface area contributed by atoms with Crippen LogP contribution in [-0.2, 0) is 0 Å². The Morgan fingerprint density at radius 3 is 2.94 bits per heavy atom. The fourth-order valence-electron chi connectivity index (χ4n) is 1.21. The lowest BCUT2D eigenvalue weighted by atomic mass is 10.2. The number of amides is 1. The second-order valence-electron chi connectivity index (χ2n) is 3.07. The number of aromatic hydroxyl groups is 1. The second kappa shape index (κ2) is 4.47. The number of aromatic nitrogens is 4. The summed E-state index contributed by atoms with van der Waals surface area (Å²) in [6.07, 6.45) is 0. The number of hydrogen-bond donors (Lipinski definition) is 3. The number of nitrogens with zero attached hydrogens (tertiary/aromatic N) is 3. The standard InChI is InChI=1S/C9H9N5O3/c1-17-5-2-3-6(7(15)4-5)8(16)10-9-11-13-14-12-9/h2-4,15H,1H3,(H2,10,11,12,13,14,16). The maximum atomic E-state index is 11.7. The number of methoxy groups -OCH3 is 1. The van der Waals surface area contributed by atoms with E-state index in [1.165, 1.54) is 19.2 Å². The van der Waals surface area contributed by atoms with Gasteiger partial charge in [-0.25, -0.2) is 0 Å². The maximum absolute atomic E-state index is 11.7. The van der Waals surface area contributed by atoms with Gasteiger partial charge in [0.15, 0.2) is 0 Å². The Hall–Kier alpha value is -2.64. The summed E-state index contributed by atoms with van der Waals surface area (Å²) in [5.74, 6) is -0.235. The molecule has 1 aromatic heterocycles. The van der Waals surface area contributed by atoms with Gasteiger partial charge in [0.05, 0.1) is 12.7 Å². The highest BCUT2D eigenvalue weighted by Crippen LogP contribution is 2.23. The van der Waals surface area contributed by atoms with Crippen molar-refractivity contribution in [3.05, 3.63) is 23.8 Å². The van der Waals surface area contributed by atoms with Crippen LogP contribution in [0.1, 0.15) is 10.4 Å². The lowest BCUT2D eigenvalue weighted by Crippen LogP contribution is -2.13. The van der Waals surface area contributed by atoms with E-state index in [9.17, 15) is 9.90 Å². The number of phenolic OH excluding ortho intramolecular Hbond substituents is 1. The third-order valence-electron chi connectivity index (χ3n) is 2.02. The van der Waals surface area contributed by atoms with E-state index in [1.807, 2.05) is 0 Å². The minimum absolute atomic E-state index is 0.0326. The molecule has 0 atom stereocenters. The summed E-state index contributed by atoms with van der Waals surface area (Å²) in [5.41, 5.74) is 0.0931. The number of rotatable bonds is 3. The number of hydrogen-bond acceptors (Lipinski definition) is 6. The number of carbonyl (C=O) groups excluding carboxylic acids is 1. The molecule has 0 saturated heterocycles. The van der Waals surface area contributed by atoms with E-state index in [2.05, 4.69) is 25.9 Å². The monoisotopic (exact) mass is 235 g/mol. The maximum Gasteiger partial charge on any atom is 0.270 e. The van der Waals surface area contributed by atoms with Gasteiger partial charge in [-0.1, -0.05) is 5.10 Å². The van der Waals surface area contributed by atoms with Crippen LogP contribution in [0, 0.1) is 0 Å². The zero-order chi connectivity index (χ0) is 12.3. The largest absolute Gasteiger partial charge is 0.507 e. The number of carbonyl (C=O) groups is 1. The molecule has 0 aliphatic heterocycles.